The van der Waals surface area contributed by atoms with Crippen LogP contribution >= 0.6 is 0 Å². The molecule has 152 valence electrons. The Morgan fingerprint density at radius 1 is 0.964 bits per heavy atom. The summed E-state index contributed by atoms with van der Waals surface area (Å²) < 4.78 is 37.9. The molecule has 2 amide bonds. The summed E-state index contributed by atoms with van der Waals surface area (Å²) in [5.41, 5.74) is 1.07. The second-order valence-electron chi connectivity index (χ2n) is 7.87. The Morgan fingerprint density at radius 2 is 1.64 bits per heavy atom. The average molecular weight is 395 g/mol. The van der Waals surface area contributed by atoms with Crippen LogP contribution in [0.1, 0.15) is 37.4 Å². The van der Waals surface area contributed by atoms with Crippen molar-refractivity contribution in [3.8, 4) is 0 Å². The molecule has 3 fully saturated rings. The molecule has 0 radical (unpaired) electrons. The van der Waals surface area contributed by atoms with Crippen molar-refractivity contribution in [1.29, 1.82) is 0 Å². The summed E-state index contributed by atoms with van der Waals surface area (Å²) in [5, 5.41) is 0. The first-order valence-corrected chi connectivity index (χ1v) is 9.83. The molecule has 4 rings (SSSR count). The minimum atomic E-state index is -4.85. The van der Waals surface area contributed by atoms with Gasteiger partial charge in [0, 0.05) is 38.1 Å². The SMILES string of the molecule is O=C(C1CCN(C(=O)C(F)(F)F)CC1)N1CC2CCCN2C1c1ccccc1. The van der Waals surface area contributed by atoms with Crippen molar-refractivity contribution in [2.75, 3.05) is 26.2 Å². The van der Waals surface area contributed by atoms with Crippen LogP contribution in [0.25, 0.3) is 0 Å². The Hall–Kier alpha value is -2.09. The molecule has 1 aromatic carbocycles. The molecular formula is C20H24F3N3O2. The van der Waals surface area contributed by atoms with E-state index < -0.39 is 12.1 Å². The van der Waals surface area contributed by atoms with E-state index in [9.17, 15) is 22.8 Å². The van der Waals surface area contributed by atoms with Crippen molar-refractivity contribution in [1.82, 2.24) is 14.7 Å². The zero-order valence-corrected chi connectivity index (χ0v) is 15.6. The van der Waals surface area contributed by atoms with Gasteiger partial charge in [-0.05, 0) is 31.2 Å². The van der Waals surface area contributed by atoms with Gasteiger partial charge in [-0.3, -0.25) is 14.5 Å². The number of hydrogen-bond donors (Lipinski definition) is 0. The number of carbonyl (C=O) groups is 2. The number of halogens is 3. The van der Waals surface area contributed by atoms with E-state index in [0.29, 0.717) is 12.6 Å². The maximum Gasteiger partial charge on any atom is 0.471 e. The van der Waals surface area contributed by atoms with Crippen LogP contribution in [0.4, 0.5) is 13.2 Å². The molecule has 8 heteroatoms. The van der Waals surface area contributed by atoms with Crippen molar-refractivity contribution < 1.29 is 22.8 Å². The van der Waals surface area contributed by atoms with Gasteiger partial charge in [0.1, 0.15) is 6.17 Å². The second kappa shape index (κ2) is 7.39. The summed E-state index contributed by atoms with van der Waals surface area (Å²) in [4.78, 5) is 29.8. The number of piperidine rings is 1. The fourth-order valence-corrected chi connectivity index (χ4v) is 4.83. The number of likely N-dealkylation sites (tertiary alicyclic amines) is 1. The van der Waals surface area contributed by atoms with E-state index in [2.05, 4.69) is 4.90 Å². The molecule has 0 aromatic heterocycles. The van der Waals surface area contributed by atoms with Crippen LogP contribution in [0.3, 0.4) is 0 Å². The maximum atomic E-state index is 13.3. The molecule has 3 aliphatic rings. The Labute approximate surface area is 162 Å². The molecule has 3 aliphatic heterocycles. The summed E-state index contributed by atoms with van der Waals surface area (Å²) in [6, 6.07) is 10.3. The summed E-state index contributed by atoms with van der Waals surface area (Å²) in [7, 11) is 0. The molecule has 3 heterocycles. The van der Waals surface area contributed by atoms with Gasteiger partial charge in [-0.25, -0.2) is 0 Å². The Morgan fingerprint density at radius 3 is 2.29 bits per heavy atom. The van der Waals surface area contributed by atoms with Crippen molar-refractivity contribution in [2.45, 2.75) is 44.1 Å². The van der Waals surface area contributed by atoms with Crippen LogP contribution in [0, 0.1) is 5.92 Å². The minimum Gasteiger partial charge on any atom is -0.335 e. The molecule has 0 bridgehead atoms. The largest absolute Gasteiger partial charge is 0.471 e. The van der Waals surface area contributed by atoms with Gasteiger partial charge in [0.25, 0.3) is 0 Å². The predicted molar refractivity (Wildman–Crippen MR) is 96.0 cm³/mol. The molecule has 2 unspecified atom stereocenters. The second-order valence-corrected chi connectivity index (χ2v) is 7.87. The molecule has 2 atom stereocenters. The van der Waals surface area contributed by atoms with Crippen molar-refractivity contribution in [3.05, 3.63) is 35.9 Å². The van der Waals surface area contributed by atoms with Crippen LogP contribution in [0.15, 0.2) is 30.3 Å². The molecular weight excluding hydrogens is 371 g/mol. The van der Waals surface area contributed by atoms with Gasteiger partial charge >= 0.3 is 12.1 Å². The zero-order chi connectivity index (χ0) is 19.9. The van der Waals surface area contributed by atoms with Gasteiger partial charge in [0.15, 0.2) is 0 Å². The Kier molecular flexibility index (Phi) is 5.07. The van der Waals surface area contributed by atoms with Gasteiger partial charge in [-0.1, -0.05) is 30.3 Å². The van der Waals surface area contributed by atoms with Gasteiger partial charge in [-0.2, -0.15) is 13.2 Å². The van der Waals surface area contributed by atoms with E-state index in [1.165, 1.54) is 0 Å². The van der Waals surface area contributed by atoms with Crippen LogP contribution in [0.5, 0.6) is 0 Å². The third-order valence-corrected chi connectivity index (χ3v) is 6.19. The normalized spacial score (nSPS) is 26.5. The first kappa shape index (κ1) is 19.2. The minimum absolute atomic E-state index is 0.00219. The maximum absolute atomic E-state index is 13.3. The molecule has 0 saturated carbocycles. The third-order valence-electron chi connectivity index (χ3n) is 6.19. The molecule has 0 spiro atoms. The third kappa shape index (κ3) is 3.50. The molecule has 0 aliphatic carbocycles. The van der Waals surface area contributed by atoms with Crippen LogP contribution in [0.2, 0.25) is 0 Å². The first-order chi connectivity index (χ1) is 13.4. The van der Waals surface area contributed by atoms with Crippen molar-refractivity contribution in [2.24, 2.45) is 5.92 Å². The van der Waals surface area contributed by atoms with Crippen molar-refractivity contribution in [3.63, 3.8) is 0 Å². The highest BCUT2D eigenvalue weighted by Gasteiger charge is 2.47. The van der Waals surface area contributed by atoms with Crippen molar-refractivity contribution >= 4 is 11.8 Å². The number of alkyl halides is 3. The number of hydrogen-bond acceptors (Lipinski definition) is 3. The lowest BCUT2D eigenvalue weighted by Gasteiger charge is -2.36. The van der Waals surface area contributed by atoms with Gasteiger partial charge in [0.05, 0.1) is 0 Å². The Balaban J connectivity index is 1.46. The summed E-state index contributed by atoms with van der Waals surface area (Å²) in [6.07, 6.45) is -2.21. The number of fused-ring (bicyclic) bond motifs is 1. The summed E-state index contributed by atoms with van der Waals surface area (Å²) in [5.74, 6) is -2.13. The number of carbonyl (C=O) groups excluding carboxylic acids is 2. The van der Waals surface area contributed by atoms with Gasteiger partial charge < -0.3 is 9.80 Å². The average Bonchev–Trinajstić information content (AvgIpc) is 3.28. The van der Waals surface area contributed by atoms with Crippen LogP contribution in [-0.2, 0) is 9.59 Å². The zero-order valence-electron chi connectivity index (χ0n) is 15.6. The van der Waals surface area contributed by atoms with Gasteiger partial charge in [0.2, 0.25) is 5.91 Å². The van der Waals surface area contributed by atoms with E-state index in [0.717, 1.165) is 29.8 Å². The molecule has 0 N–H and O–H groups in total. The Bertz CT molecular complexity index is 732. The molecule has 28 heavy (non-hydrogen) atoms. The summed E-state index contributed by atoms with van der Waals surface area (Å²) in [6.45, 7) is 1.57. The smallest absolute Gasteiger partial charge is 0.335 e. The highest BCUT2D eigenvalue weighted by molar-refractivity contribution is 5.83. The summed E-state index contributed by atoms with van der Waals surface area (Å²) >= 11 is 0. The highest BCUT2D eigenvalue weighted by Crippen LogP contribution is 2.40. The molecule has 5 nitrogen and oxygen atoms in total. The number of rotatable bonds is 2. The topological polar surface area (TPSA) is 43.9 Å². The first-order valence-electron chi connectivity index (χ1n) is 9.83. The van der Waals surface area contributed by atoms with Gasteiger partial charge in [-0.15, -0.1) is 0 Å². The quantitative estimate of drug-likeness (QED) is 0.774. The van der Waals surface area contributed by atoms with Crippen LogP contribution in [-0.4, -0.2) is 64.9 Å². The van der Waals surface area contributed by atoms with E-state index >= 15 is 0 Å². The number of amides is 2. The fourth-order valence-electron chi connectivity index (χ4n) is 4.83. The van der Waals surface area contributed by atoms with E-state index in [1.807, 2.05) is 35.2 Å². The molecule has 1 aromatic rings. The monoisotopic (exact) mass is 395 g/mol. The predicted octanol–water partition coefficient (Wildman–Crippen LogP) is 2.79. The lowest BCUT2D eigenvalue weighted by molar-refractivity contribution is -0.187. The van der Waals surface area contributed by atoms with E-state index in [4.69, 9.17) is 0 Å². The standard InChI is InChI=1S/C20H24F3N3O2/c21-20(22,23)19(28)24-11-8-15(9-12-24)18(27)26-13-16-7-4-10-25(16)17(26)14-5-2-1-3-6-14/h1-3,5-6,15-17H,4,7-13H2. The van der Waals surface area contributed by atoms with E-state index in [1.54, 1.807) is 0 Å². The lowest BCUT2D eigenvalue weighted by atomic mass is 9.94. The lowest BCUT2D eigenvalue weighted by Crippen LogP contribution is -2.48. The van der Waals surface area contributed by atoms with Crippen LogP contribution < -0.4 is 0 Å². The highest BCUT2D eigenvalue weighted by atomic mass is 19.4. The molecule has 3 saturated heterocycles. The fraction of sp³-hybridized carbons (Fsp3) is 0.600. The van der Waals surface area contributed by atoms with E-state index in [-0.39, 0.29) is 43.9 Å². The number of nitrogens with zero attached hydrogens (tertiary/aromatic N) is 3. The number of benzene rings is 1.